The van der Waals surface area contributed by atoms with Gasteiger partial charge in [0, 0.05) is 11.7 Å². The van der Waals surface area contributed by atoms with E-state index in [9.17, 15) is 4.79 Å². The lowest BCUT2D eigenvalue weighted by molar-refractivity contribution is 0.0635. The van der Waals surface area contributed by atoms with E-state index >= 15 is 0 Å². The highest BCUT2D eigenvalue weighted by atomic mass is 16.6. The quantitative estimate of drug-likeness (QED) is 0.819. The van der Waals surface area contributed by atoms with Gasteiger partial charge in [-0.1, -0.05) is 6.07 Å². The van der Waals surface area contributed by atoms with Gasteiger partial charge in [-0.3, -0.25) is 5.32 Å². The summed E-state index contributed by atoms with van der Waals surface area (Å²) in [4.78, 5) is 11.6. The van der Waals surface area contributed by atoms with Crippen molar-refractivity contribution >= 4 is 17.4 Å². The highest BCUT2D eigenvalue weighted by Gasteiger charge is 2.16. The van der Waals surface area contributed by atoms with Crippen LogP contribution in [0.5, 0.6) is 0 Å². The lowest BCUT2D eigenvalue weighted by atomic mass is 10.2. The molecule has 0 atom stereocenters. The number of anilines is 1. The molecule has 0 fully saturated rings. The third kappa shape index (κ3) is 2.78. The van der Waals surface area contributed by atoms with Crippen LogP contribution in [0.15, 0.2) is 36.5 Å². The molecule has 2 heterocycles. The minimum Gasteiger partial charge on any atom is -0.444 e. The molecule has 0 aliphatic rings. The third-order valence-electron chi connectivity index (χ3n) is 2.19. The first kappa shape index (κ1) is 11.5. The van der Waals surface area contributed by atoms with Crippen LogP contribution in [-0.4, -0.2) is 16.1 Å². The summed E-state index contributed by atoms with van der Waals surface area (Å²) >= 11 is 0. The van der Waals surface area contributed by atoms with E-state index in [-0.39, 0.29) is 0 Å². The van der Waals surface area contributed by atoms with Gasteiger partial charge in [0.15, 0.2) is 0 Å². The zero-order valence-corrected chi connectivity index (χ0v) is 10.2. The molecule has 4 heteroatoms. The fourth-order valence-corrected chi connectivity index (χ4v) is 1.57. The molecule has 2 aromatic rings. The van der Waals surface area contributed by atoms with Crippen molar-refractivity contribution in [2.45, 2.75) is 26.4 Å². The lowest BCUT2D eigenvalue weighted by Gasteiger charge is -2.19. The smallest absolute Gasteiger partial charge is 0.413 e. The molecule has 0 spiro atoms. The standard InChI is InChI=1S/C13H16N2O2/c1-13(2,3)17-12(16)14-11-8-7-10-6-4-5-9-15(10)11/h4-9H,1-3H3,(H,14,16). The van der Waals surface area contributed by atoms with Crippen LogP contribution in [-0.2, 0) is 4.74 Å². The molecule has 2 rings (SSSR count). The molecule has 0 aliphatic heterocycles. The predicted molar refractivity (Wildman–Crippen MR) is 67.3 cm³/mol. The molecule has 0 aliphatic carbocycles. The van der Waals surface area contributed by atoms with Crippen LogP contribution in [0.3, 0.4) is 0 Å². The summed E-state index contributed by atoms with van der Waals surface area (Å²) in [7, 11) is 0. The van der Waals surface area contributed by atoms with E-state index in [1.807, 2.05) is 61.7 Å². The lowest BCUT2D eigenvalue weighted by Crippen LogP contribution is -2.27. The molecule has 0 saturated carbocycles. The predicted octanol–water partition coefficient (Wildman–Crippen LogP) is 3.29. The van der Waals surface area contributed by atoms with Crippen molar-refractivity contribution in [1.29, 1.82) is 0 Å². The zero-order valence-electron chi connectivity index (χ0n) is 10.2. The normalized spacial score (nSPS) is 11.5. The number of pyridine rings is 1. The van der Waals surface area contributed by atoms with Crippen LogP contribution < -0.4 is 5.32 Å². The Morgan fingerprint density at radius 2 is 2.00 bits per heavy atom. The number of ether oxygens (including phenoxy) is 1. The average Bonchev–Trinajstić information content (AvgIpc) is 2.59. The monoisotopic (exact) mass is 232 g/mol. The number of hydrogen-bond donors (Lipinski definition) is 1. The Morgan fingerprint density at radius 1 is 1.24 bits per heavy atom. The number of rotatable bonds is 1. The number of nitrogens with one attached hydrogen (secondary N) is 1. The van der Waals surface area contributed by atoms with Crippen LogP contribution in [0.4, 0.5) is 10.6 Å². The second-order valence-electron chi connectivity index (χ2n) is 4.84. The van der Waals surface area contributed by atoms with E-state index < -0.39 is 11.7 Å². The Morgan fingerprint density at radius 3 is 2.71 bits per heavy atom. The van der Waals surface area contributed by atoms with Gasteiger partial charge >= 0.3 is 6.09 Å². The SMILES string of the molecule is CC(C)(C)OC(=O)Nc1ccc2ccccn12. The van der Waals surface area contributed by atoms with E-state index in [4.69, 9.17) is 4.74 Å². The van der Waals surface area contributed by atoms with Crippen molar-refractivity contribution in [1.82, 2.24) is 4.40 Å². The van der Waals surface area contributed by atoms with E-state index in [2.05, 4.69) is 5.32 Å². The summed E-state index contributed by atoms with van der Waals surface area (Å²) in [6.07, 6.45) is 1.45. The Hall–Kier alpha value is -1.97. The number of carbonyl (C=O) groups is 1. The Kier molecular flexibility index (Phi) is 2.79. The molecular formula is C13H16N2O2. The molecule has 4 nitrogen and oxygen atoms in total. The van der Waals surface area contributed by atoms with Gasteiger partial charge in [0.05, 0.1) is 0 Å². The molecule has 2 aromatic heterocycles. The van der Waals surface area contributed by atoms with Gasteiger partial charge in [-0.05, 0) is 45.0 Å². The Balaban J connectivity index is 2.16. The van der Waals surface area contributed by atoms with Crippen molar-refractivity contribution in [3.05, 3.63) is 36.5 Å². The van der Waals surface area contributed by atoms with Crippen molar-refractivity contribution in [2.75, 3.05) is 5.32 Å². The maximum Gasteiger partial charge on any atom is 0.413 e. The average molecular weight is 232 g/mol. The zero-order chi connectivity index (χ0) is 12.5. The second-order valence-corrected chi connectivity index (χ2v) is 4.84. The molecule has 90 valence electrons. The van der Waals surface area contributed by atoms with Crippen molar-refractivity contribution in [3.8, 4) is 0 Å². The minimum atomic E-state index is -0.489. The highest BCUT2D eigenvalue weighted by Crippen LogP contribution is 2.16. The number of fused-ring (bicyclic) bond motifs is 1. The first-order valence-electron chi connectivity index (χ1n) is 5.52. The van der Waals surface area contributed by atoms with Gasteiger partial charge in [0.2, 0.25) is 0 Å². The largest absolute Gasteiger partial charge is 0.444 e. The maximum absolute atomic E-state index is 11.6. The van der Waals surface area contributed by atoms with Gasteiger partial charge in [0.25, 0.3) is 0 Å². The van der Waals surface area contributed by atoms with E-state index in [1.165, 1.54) is 0 Å². The van der Waals surface area contributed by atoms with Crippen molar-refractivity contribution < 1.29 is 9.53 Å². The molecule has 0 saturated heterocycles. The first-order valence-corrected chi connectivity index (χ1v) is 5.52. The maximum atomic E-state index is 11.6. The summed E-state index contributed by atoms with van der Waals surface area (Å²) in [6.45, 7) is 5.51. The fourth-order valence-electron chi connectivity index (χ4n) is 1.57. The number of hydrogen-bond acceptors (Lipinski definition) is 2. The Bertz CT molecular complexity index is 538. The molecule has 0 unspecified atom stereocenters. The van der Waals surface area contributed by atoms with Gasteiger partial charge in [0.1, 0.15) is 11.4 Å². The molecule has 0 radical (unpaired) electrons. The Labute approximate surface area is 100 Å². The van der Waals surface area contributed by atoms with Crippen LogP contribution in [0, 0.1) is 0 Å². The van der Waals surface area contributed by atoms with Crippen LogP contribution in [0.1, 0.15) is 20.8 Å². The van der Waals surface area contributed by atoms with Gasteiger partial charge in [-0.2, -0.15) is 0 Å². The van der Waals surface area contributed by atoms with Crippen LogP contribution in [0.2, 0.25) is 0 Å². The van der Waals surface area contributed by atoms with Crippen LogP contribution >= 0.6 is 0 Å². The molecule has 17 heavy (non-hydrogen) atoms. The molecular weight excluding hydrogens is 216 g/mol. The van der Waals surface area contributed by atoms with E-state index in [0.717, 1.165) is 5.52 Å². The van der Waals surface area contributed by atoms with Crippen molar-refractivity contribution in [2.24, 2.45) is 0 Å². The highest BCUT2D eigenvalue weighted by molar-refractivity contribution is 5.84. The van der Waals surface area contributed by atoms with Crippen molar-refractivity contribution in [3.63, 3.8) is 0 Å². The summed E-state index contributed by atoms with van der Waals surface area (Å²) < 4.78 is 7.09. The fraction of sp³-hybridized carbons (Fsp3) is 0.308. The number of amides is 1. The summed E-state index contributed by atoms with van der Waals surface area (Å²) in [5.74, 6) is 0.704. The third-order valence-corrected chi connectivity index (χ3v) is 2.19. The molecule has 1 N–H and O–H groups in total. The second kappa shape index (κ2) is 4.13. The summed E-state index contributed by atoms with van der Waals surface area (Å²) in [5, 5.41) is 2.72. The van der Waals surface area contributed by atoms with Gasteiger partial charge < -0.3 is 9.14 Å². The number of carbonyl (C=O) groups excluding carboxylic acids is 1. The number of nitrogens with zero attached hydrogens (tertiary/aromatic N) is 1. The molecule has 0 aromatic carbocycles. The van der Waals surface area contributed by atoms with Crippen LogP contribution in [0.25, 0.3) is 5.52 Å². The van der Waals surface area contributed by atoms with Gasteiger partial charge in [-0.25, -0.2) is 4.79 Å². The van der Waals surface area contributed by atoms with Gasteiger partial charge in [-0.15, -0.1) is 0 Å². The van der Waals surface area contributed by atoms with E-state index in [1.54, 1.807) is 0 Å². The summed E-state index contributed by atoms with van der Waals surface area (Å²) in [5.41, 5.74) is 0.538. The number of aromatic nitrogens is 1. The summed E-state index contributed by atoms with van der Waals surface area (Å²) in [6, 6.07) is 9.62. The molecule has 1 amide bonds. The first-order chi connectivity index (χ1) is 7.96. The van der Waals surface area contributed by atoms with E-state index in [0.29, 0.717) is 5.82 Å². The minimum absolute atomic E-state index is 0.443. The molecule has 0 bridgehead atoms. The topological polar surface area (TPSA) is 42.7 Å².